The van der Waals surface area contributed by atoms with E-state index in [0.29, 0.717) is 54.3 Å². The Hall–Kier alpha value is -3.24. The molecule has 1 aliphatic heterocycles. The number of nitrogens with one attached hydrogen (secondary N) is 4. The maximum absolute atomic E-state index is 12.6. The summed E-state index contributed by atoms with van der Waals surface area (Å²) in [5, 5.41) is 15.8. The topological polar surface area (TPSA) is 140 Å². The van der Waals surface area contributed by atoms with Crippen molar-refractivity contribution in [3.63, 3.8) is 0 Å². The number of hydrogen-bond acceptors (Lipinski definition) is 7. The Kier molecular flexibility index (Phi) is 10.0. The zero-order valence-corrected chi connectivity index (χ0v) is 20.1. The van der Waals surface area contributed by atoms with Crippen LogP contribution in [-0.2, 0) is 17.8 Å². The number of nitrogens with zero attached hydrogens (tertiary/aromatic N) is 1. The van der Waals surface area contributed by atoms with E-state index in [1.54, 1.807) is 17.0 Å². The van der Waals surface area contributed by atoms with Crippen molar-refractivity contribution >= 4 is 41.0 Å². The number of carbonyl (C=O) groups excluding carboxylic acids is 3. The molecule has 2 aromatic rings. The summed E-state index contributed by atoms with van der Waals surface area (Å²) in [6, 6.07) is 6.49. The fourth-order valence-electron chi connectivity index (χ4n) is 3.26. The Morgan fingerprint density at radius 2 is 1.91 bits per heavy atom. The highest BCUT2D eigenvalue weighted by Gasteiger charge is 2.24. The van der Waals surface area contributed by atoms with Crippen LogP contribution >= 0.6 is 11.3 Å². The average molecular weight is 473 g/mol. The van der Waals surface area contributed by atoms with E-state index in [1.165, 1.54) is 17.4 Å². The maximum Gasteiger partial charge on any atom is 0.261 e. The monoisotopic (exact) mass is 472 g/mol. The number of carbonyl (C=O) groups is 3. The molecule has 6 N–H and O–H groups in total. The van der Waals surface area contributed by atoms with Crippen molar-refractivity contribution in [2.75, 3.05) is 39.0 Å². The third kappa shape index (κ3) is 6.87. The van der Waals surface area contributed by atoms with Crippen molar-refractivity contribution in [3.8, 4) is 0 Å². The van der Waals surface area contributed by atoms with Gasteiger partial charge in [-0.1, -0.05) is 13.8 Å². The van der Waals surface area contributed by atoms with Crippen LogP contribution in [0, 0.1) is 5.41 Å². The van der Waals surface area contributed by atoms with E-state index < -0.39 is 5.91 Å². The van der Waals surface area contributed by atoms with Gasteiger partial charge in [-0.15, -0.1) is 11.3 Å². The molecule has 3 amide bonds. The second-order valence-corrected chi connectivity index (χ2v) is 8.29. The molecule has 0 aliphatic carbocycles. The lowest BCUT2D eigenvalue weighted by Gasteiger charge is -2.27. The van der Waals surface area contributed by atoms with Gasteiger partial charge in [0.25, 0.3) is 11.8 Å². The summed E-state index contributed by atoms with van der Waals surface area (Å²) in [5.74, 6) is -0.689. The number of thiophene rings is 1. The molecule has 1 aromatic heterocycles. The molecule has 0 saturated heterocycles. The third-order valence-corrected chi connectivity index (χ3v) is 6.24. The van der Waals surface area contributed by atoms with Crippen LogP contribution in [0.4, 0.5) is 5.69 Å². The number of benzene rings is 1. The molecular weight excluding hydrogens is 440 g/mol. The molecule has 0 unspecified atom stereocenters. The standard InChI is InChI=1S/C21H26N6O3S.C2H6/c1-24-5-6-25-21(30)18-9-15-12-27(7-4-17(15)31-18)19(28)11-26-20(29)13-2-3-16(23)14(8-13)10-22;1-2/h2-3,8-10,22,24H,4-7,11-12,23H2,1H3,(H,25,30)(H,26,29);1-2H3. The van der Waals surface area contributed by atoms with Gasteiger partial charge in [0, 0.05) is 54.1 Å². The van der Waals surface area contributed by atoms with Gasteiger partial charge in [0.1, 0.15) is 0 Å². The van der Waals surface area contributed by atoms with Crippen LogP contribution < -0.4 is 21.7 Å². The van der Waals surface area contributed by atoms with E-state index in [1.807, 2.05) is 27.0 Å². The van der Waals surface area contributed by atoms with Gasteiger partial charge in [0.15, 0.2) is 0 Å². The minimum Gasteiger partial charge on any atom is -0.398 e. The number of amides is 3. The SMILES string of the molecule is CC.CNCCNC(=O)c1cc2c(s1)CCN(C(=O)CNC(=O)c1ccc(N)c(C=N)c1)C2. The zero-order chi connectivity index (χ0) is 24.4. The predicted octanol–water partition coefficient (Wildman–Crippen LogP) is 1.62. The van der Waals surface area contributed by atoms with E-state index in [2.05, 4.69) is 16.0 Å². The van der Waals surface area contributed by atoms with Gasteiger partial charge < -0.3 is 32.0 Å². The fourth-order valence-corrected chi connectivity index (χ4v) is 4.34. The highest BCUT2D eigenvalue weighted by Crippen LogP contribution is 2.28. The number of hydrogen-bond donors (Lipinski definition) is 5. The summed E-state index contributed by atoms with van der Waals surface area (Å²) in [4.78, 5) is 40.7. The van der Waals surface area contributed by atoms with Crippen LogP contribution in [0.3, 0.4) is 0 Å². The van der Waals surface area contributed by atoms with E-state index >= 15 is 0 Å². The Bertz CT molecular complexity index is 1000. The smallest absolute Gasteiger partial charge is 0.261 e. The van der Waals surface area contributed by atoms with Gasteiger partial charge in [0.05, 0.1) is 11.4 Å². The molecule has 178 valence electrons. The van der Waals surface area contributed by atoms with Crippen molar-refractivity contribution < 1.29 is 14.4 Å². The van der Waals surface area contributed by atoms with E-state index in [-0.39, 0.29) is 18.4 Å². The Balaban J connectivity index is 0.00000187. The highest BCUT2D eigenvalue weighted by atomic mass is 32.1. The van der Waals surface area contributed by atoms with Gasteiger partial charge in [-0.3, -0.25) is 14.4 Å². The fraction of sp³-hybridized carbons (Fsp3) is 0.391. The Morgan fingerprint density at radius 1 is 1.15 bits per heavy atom. The van der Waals surface area contributed by atoms with Gasteiger partial charge in [-0.2, -0.15) is 0 Å². The number of anilines is 1. The molecule has 2 heterocycles. The molecule has 0 fully saturated rings. The van der Waals surface area contributed by atoms with Gasteiger partial charge in [-0.25, -0.2) is 0 Å². The normalized spacial score (nSPS) is 12.2. The average Bonchev–Trinajstić information content (AvgIpc) is 3.27. The van der Waals surface area contributed by atoms with Crippen LogP contribution in [-0.4, -0.2) is 62.1 Å². The number of nitrogens with two attached hydrogens (primary N) is 1. The largest absolute Gasteiger partial charge is 0.398 e. The lowest BCUT2D eigenvalue weighted by molar-refractivity contribution is -0.131. The van der Waals surface area contributed by atoms with Crippen molar-refractivity contribution in [1.29, 1.82) is 5.41 Å². The molecule has 0 spiro atoms. The van der Waals surface area contributed by atoms with Gasteiger partial charge >= 0.3 is 0 Å². The third-order valence-electron chi connectivity index (χ3n) is 5.01. The Labute approximate surface area is 198 Å². The molecule has 0 atom stereocenters. The summed E-state index contributed by atoms with van der Waals surface area (Å²) in [7, 11) is 1.83. The maximum atomic E-state index is 12.6. The molecule has 0 saturated carbocycles. The molecule has 1 aromatic carbocycles. The summed E-state index contributed by atoms with van der Waals surface area (Å²) in [6.45, 7) is 6.09. The summed E-state index contributed by atoms with van der Waals surface area (Å²) < 4.78 is 0. The van der Waals surface area contributed by atoms with Crippen molar-refractivity contribution in [3.05, 3.63) is 50.7 Å². The van der Waals surface area contributed by atoms with Crippen molar-refractivity contribution in [1.82, 2.24) is 20.9 Å². The molecule has 33 heavy (non-hydrogen) atoms. The van der Waals surface area contributed by atoms with Crippen molar-refractivity contribution in [2.24, 2.45) is 0 Å². The molecule has 9 nitrogen and oxygen atoms in total. The first-order valence-electron chi connectivity index (χ1n) is 10.9. The number of nitrogen functional groups attached to an aromatic ring is 1. The molecule has 1 aliphatic rings. The summed E-state index contributed by atoms with van der Waals surface area (Å²) in [5.41, 5.74) is 7.92. The molecule has 3 rings (SSSR count). The highest BCUT2D eigenvalue weighted by molar-refractivity contribution is 7.14. The second kappa shape index (κ2) is 12.7. The number of fused-ring (bicyclic) bond motifs is 1. The minimum absolute atomic E-state index is 0.104. The van der Waals surface area contributed by atoms with E-state index in [0.717, 1.165) is 16.7 Å². The molecule has 0 radical (unpaired) electrons. The first-order valence-corrected chi connectivity index (χ1v) is 11.7. The van der Waals surface area contributed by atoms with Crippen LogP contribution in [0.1, 0.15) is 49.9 Å². The Morgan fingerprint density at radius 3 is 2.61 bits per heavy atom. The lowest BCUT2D eigenvalue weighted by atomic mass is 10.1. The number of rotatable bonds is 8. The zero-order valence-electron chi connectivity index (χ0n) is 19.3. The first kappa shape index (κ1) is 26.0. The summed E-state index contributed by atoms with van der Waals surface area (Å²) >= 11 is 1.47. The van der Waals surface area contributed by atoms with Crippen LogP contribution in [0.25, 0.3) is 0 Å². The minimum atomic E-state index is -0.398. The molecule has 0 bridgehead atoms. The van der Waals surface area contributed by atoms with Crippen LogP contribution in [0.2, 0.25) is 0 Å². The van der Waals surface area contributed by atoms with E-state index in [4.69, 9.17) is 11.1 Å². The quantitative estimate of drug-likeness (QED) is 0.226. The van der Waals surface area contributed by atoms with Gasteiger partial charge in [-0.05, 0) is 43.3 Å². The van der Waals surface area contributed by atoms with E-state index in [9.17, 15) is 14.4 Å². The van der Waals surface area contributed by atoms with Crippen LogP contribution in [0.15, 0.2) is 24.3 Å². The second-order valence-electron chi connectivity index (χ2n) is 7.15. The molecule has 10 heteroatoms. The lowest BCUT2D eigenvalue weighted by Crippen LogP contribution is -2.42. The molecular formula is C23H32N6O3S. The number of likely N-dealkylation sites (N-methyl/N-ethyl adjacent to an activating group) is 1. The predicted molar refractivity (Wildman–Crippen MR) is 132 cm³/mol. The van der Waals surface area contributed by atoms with Crippen LogP contribution in [0.5, 0.6) is 0 Å². The van der Waals surface area contributed by atoms with Crippen molar-refractivity contribution in [2.45, 2.75) is 26.8 Å². The summed E-state index contributed by atoms with van der Waals surface area (Å²) in [6.07, 6.45) is 1.77. The first-order chi connectivity index (χ1) is 15.9. The van der Waals surface area contributed by atoms with Gasteiger partial charge in [0.2, 0.25) is 5.91 Å².